The Morgan fingerprint density at radius 2 is 2.00 bits per heavy atom. The van der Waals surface area contributed by atoms with Crippen LogP contribution in [-0.2, 0) is 22.6 Å². The number of hydrogen-bond donors (Lipinski definition) is 2. The van der Waals surface area contributed by atoms with Gasteiger partial charge in [-0.05, 0) is 37.0 Å². The molecule has 2 N–H and O–H groups in total. The summed E-state index contributed by atoms with van der Waals surface area (Å²) in [6.07, 6.45) is 2.97. The number of carbonyl (C=O) groups excluding carboxylic acids is 1. The summed E-state index contributed by atoms with van der Waals surface area (Å²) in [5.41, 5.74) is 1.73. The number of carboxylic acids is 1. The second-order valence-corrected chi connectivity index (χ2v) is 9.33. The minimum absolute atomic E-state index is 0.00863. The number of carbonyl (C=O) groups is 2. The lowest BCUT2D eigenvalue weighted by atomic mass is 10.0. The number of anilines is 1. The maximum atomic E-state index is 13.1. The first-order valence-corrected chi connectivity index (χ1v) is 11.9. The van der Waals surface area contributed by atoms with Crippen molar-refractivity contribution in [3.8, 4) is 6.07 Å². The summed E-state index contributed by atoms with van der Waals surface area (Å²) >= 11 is 6.20. The average molecular weight is 497 g/mol. The number of hydrogen-bond acceptors (Lipinski definition) is 7. The predicted octanol–water partition coefficient (Wildman–Crippen LogP) is 3.38. The topological polar surface area (TPSA) is 115 Å². The maximum Gasteiger partial charge on any atom is 0.323 e. The number of aliphatic carboxylic acids is 1. The highest BCUT2D eigenvalue weighted by molar-refractivity contribution is 8.26. The molecule has 1 fully saturated rings. The van der Waals surface area contributed by atoms with Gasteiger partial charge in [-0.1, -0.05) is 61.2 Å². The van der Waals surface area contributed by atoms with Gasteiger partial charge in [0.25, 0.3) is 11.5 Å². The van der Waals surface area contributed by atoms with E-state index in [9.17, 15) is 19.6 Å². The van der Waals surface area contributed by atoms with E-state index in [0.717, 1.165) is 22.2 Å². The minimum Gasteiger partial charge on any atom is -0.480 e. The van der Waals surface area contributed by atoms with Crippen LogP contribution in [0.15, 0.2) is 40.0 Å². The second-order valence-electron chi connectivity index (χ2n) is 7.65. The number of rotatable bonds is 9. The van der Waals surface area contributed by atoms with Gasteiger partial charge in [0.05, 0.1) is 4.91 Å². The third-order valence-electron chi connectivity index (χ3n) is 5.31. The first kappa shape index (κ1) is 25.2. The van der Waals surface area contributed by atoms with E-state index in [0.29, 0.717) is 42.9 Å². The van der Waals surface area contributed by atoms with E-state index in [1.54, 1.807) is 13.0 Å². The lowest BCUT2D eigenvalue weighted by Crippen LogP contribution is -2.33. The fourth-order valence-corrected chi connectivity index (χ4v) is 4.90. The van der Waals surface area contributed by atoms with Crippen molar-refractivity contribution < 1.29 is 14.7 Å². The normalized spacial score (nSPS) is 14.5. The molecule has 1 aliphatic rings. The summed E-state index contributed by atoms with van der Waals surface area (Å²) in [5.74, 6) is -1.16. The largest absolute Gasteiger partial charge is 0.480 e. The molecule has 0 spiro atoms. The highest BCUT2D eigenvalue weighted by Crippen LogP contribution is 2.34. The lowest BCUT2D eigenvalue weighted by molar-refractivity contribution is -0.140. The highest BCUT2D eigenvalue weighted by Gasteiger charge is 2.34. The quantitative estimate of drug-likeness (QED) is 0.401. The van der Waals surface area contributed by atoms with Gasteiger partial charge in [-0.3, -0.25) is 23.9 Å². The maximum absolute atomic E-state index is 13.1. The molecule has 1 saturated heterocycles. The van der Waals surface area contributed by atoms with Crippen LogP contribution in [0.2, 0.25) is 0 Å². The molecular formula is C24H24N4O4S2. The first-order chi connectivity index (χ1) is 16.3. The van der Waals surface area contributed by atoms with E-state index in [1.165, 1.54) is 4.57 Å². The summed E-state index contributed by atoms with van der Waals surface area (Å²) in [4.78, 5) is 38.3. The molecule has 0 unspecified atom stereocenters. The van der Waals surface area contributed by atoms with E-state index in [4.69, 9.17) is 17.3 Å². The third kappa shape index (κ3) is 5.38. The Morgan fingerprint density at radius 1 is 1.29 bits per heavy atom. The van der Waals surface area contributed by atoms with Gasteiger partial charge >= 0.3 is 5.97 Å². The molecule has 0 saturated carbocycles. The molecule has 0 radical (unpaired) electrons. The number of thiocarbonyl (C=S) groups is 1. The van der Waals surface area contributed by atoms with Crippen LogP contribution in [0.25, 0.3) is 6.08 Å². The van der Waals surface area contributed by atoms with Gasteiger partial charge in [0.1, 0.15) is 28.3 Å². The van der Waals surface area contributed by atoms with Crippen molar-refractivity contribution >= 4 is 52.1 Å². The van der Waals surface area contributed by atoms with Crippen LogP contribution in [0.3, 0.4) is 0 Å². The van der Waals surface area contributed by atoms with Crippen LogP contribution >= 0.6 is 24.0 Å². The summed E-state index contributed by atoms with van der Waals surface area (Å²) in [7, 11) is 0. The van der Waals surface area contributed by atoms with Gasteiger partial charge in [-0.25, -0.2) is 0 Å². The molecule has 176 valence electrons. The monoisotopic (exact) mass is 496 g/mol. The molecule has 0 bridgehead atoms. The fourth-order valence-electron chi connectivity index (χ4n) is 3.66. The summed E-state index contributed by atoms with van der Waals surface area (Å²) in [6, 6.07) is 11.9. The van der Waals surface area contributed by atoms with Crippen LogP contribution in [0.1, 0.15) is 35.6 Å². The first-order valence-electron chi connectivity index (χ1n) is 10.7. The zero-order valence-corrected chi connectivity index (χ0v) is 20.5. The van der Waals surface area contributed by atoms with Crippen molar-refractivity contribution in [2.45, 2.75) is 33.2 Å². The predicted molar refractivity (Wildman–Crippen MR) is 137 cm³/mol. The third-order valence-corrected chi connectivity index (χ3v) is 6.69. The Labute approximate surface area is 206 Å². The van der Waals surface area contributed by atoms with Crippen LogP contribution < -0.4 is 10.9 Å². The lowest BCUT2D eigenvalue weighted by Gasteiger charge is -2.20. The van der Waals surface area contributed by atoms with Crippen molar-refractivity contribution in [3.63, 3.8) is 0 Å². The SMILES string of the molecule is CCCn1c(NCCc2ccccc2)c(/C=C2/SC(=S)N(CC(=O)O)C2=O)c(C)c(C#N)c1=O. The van der Waals surface area contributed by atoms with Gasteiger partial charge in [0.15, 0.2) is 0 Å². The van der Waals surface area contributed by atoms with Crippen molar-refractivity contribution in [1.82, 2.24) is 9.47 Å². The van der Waals surface area contributed by atoms with E-state index in [1.807, 2.05) is 43.3 Å². The highest BCUT2D eigenvalue weighted by atomic mass is 32.2. The molecule has 1 aromatic carbocycles. The second kappa shape index (κ2) is 11.1. The molecule has 8 nitrogen and oxygen atoms in total. The summed E-state index contributed by atoms with van der Waals surface area (Å²) in [5, 5.41) is 22.1. The van der Waals surface area contributed by atoms with Gasteiger partial charge in [0.2, 0.25) is 0 Å². The number of aromatic nitrogens is 1. The van der Waals surface area contributed by atoms with E-state index < -0.39 is 18.4 Å². The number of nitriles is 1. The van der Waals surface area contributed by atoms with E-state index in [2.05, 4.69) is 5.32 Å². The number of nitrogens with zero attached hydrogens (tertiary/aromatic N) is 3. The molecule has 0 atom stereocenters. The number of amides is 1. The van der Waals surface area contributed by atoms with Gasteiger partial charge < -0.3 is 10.4 Å². The summed E-state index contributed by atoms with van der Waals surface area (Å²) in [6.45, 7) is 3.99. The van der Waals surface area contributed by atoms with Crippen LogP contribution in [0, 0.1) is 18.3 Å². The molecule has 2 heterocycles. The number of nitrogens with one attached hydrogen (secondary N) is 1. The van der Waals surface area contributed by atoms with Gasteiger partial charge in [-0.2, -0.15) is 5.26 Å². The number of benzene rings is 1. The zero-order chi connectivity index (χ0) is 24.8. The van der Waals surface area contributed by atoms with Crippen molar-refractivity contribution in [2.24, 2.45) is 0 Å². The average Bonchev–Trinajstić information content (AvgIpc) is 3.06. The van der Waals surface area contributed by atoms with Crippen molar-refractivity contribution in [1.29, 1.82) is 5.26 Å². The molecule has 0 aliphatic carbocycles. The van der Waals surface area contributed by atoms with Crippen molar-refractivity contribution in [3.05, 3.63) is 67.8 Å². The van der Waals surface area contributed by atoms with Crippen LogP contribution in [-0.4, -0.2) is 43.9 Å². The number of carboxylic acid groups (broad SMARTS) is 1. The molecule has 10 heteroatoms. The molecule has 1 aromatic heterocycles. The van der Waals surface area contributed by atoms with Crippen molar-refractivity contribution in [2.75, 3.05) is 18.4 Å². The Hall–Kier alpha value is -3.42. The molecule has 3 rings (SSSR count). The van der Waals surface area contributed by atoms with Crippen LogP contribution in [0.4, 0.5) is 5.82 Å². The van der Waals surface area contributed by atoms with Gasteiger partial charge in [0, 0.05) is 18.7 Å². The van der Waals surface area contributed by atoms with Gasteiger partial charge in [-0.15, -0.1) is 0 Å². The zero-order valence-electron chi connectivity index (χ0n) is 18.8. The minimum atomic E-state index is -1.17. The number of pyridine rings is 1. The molecule has 34 heavy (non-hydrogen) atoms. The molecule has 1 aliphatic heterocycles. The Balaban J connectivity index is 2.08. The smallest absolute Gasteiger partial charge is 0.323 e. The summed E-state index contributed by atoms with van der Waals surface area (Å²) < 4.78 is 1.68. The molecule has 2 aromatic rings. The Kier molecular flexibility index (Phi) is 8.26. The van der Waals surface area contributed by atoms with E-state index in [-0.39, 0.29) is 20.3 Å². The fraction of sp³-hybridized carbons (Fsp3) is 0.292. The molecule has 1 amide bonds. The Bertz CT molecular complexity index is 1260. The van der Waals surface area contributed by atoms with E-state index >= 15 is 0 Å². The number of thioether (sulfide) groups is 1. The standard InChI is InChI=1S/C24H24N4O4S2/c1-3-11-27-21(26-10-9-16-7-5-4-6-8-16)17(15(2)18(13-25)22(27)31)12-19-23(32)28(14-20(29)30)24(33)34-19/h4-8,12,26H,3,9-11,14H2,1-2H3,(H,29,30)/b19-12+. The Morgan fingerprint density at radius 3 is 2.62 bits per heavy atom. The van der Waals surface area contributed by atoms with Crippen LogP contribution in [0.5, 0.6) is 0 Å². The molecular weight excluding hydrogens is 472 g/mol.